The van der Waals surface area contributed by atoms with Gasteiger partial charge in [0.2, 0.25) is 0 Å². The second kappa shape index (κ2) is 6.01. The van der Waals surface area contributed by atoms with E-state index in [1.54, 1.807) is 0 Å². The van der Waals surface area contributed by atoms with Crippen LogP contribution in [0.1, 0.15) is 87.5 Å². The van der Waals surface area contributed by atoms with E-state index in [1.807, 2.05) is 27.7 Å². The first-order chi connectivity index (χ1) is 10.8. The minimum Gasteiger partial charge on any atom is -0.377 e. The fourth-order valence-electron chi connectivity index (χ4n) is 4.60. The van der Waals surface area contributed by atoms with Gasteiger partial charge in [0.1, 0.15) is 5.60 Å². The highest BCUT2D eigenvalue weighted by Crippen LogP contribution is 2.69. The third-order valence-corrected chi connectivity index (χ3v) is 6.79. The SMILES string of the molecule is CCCC(C)(C)OOC(C)(C)C#C[C@@]1(O)CC2CCC1(C)C2(C)C. The lowest BCUT2D eigenvalue weighted by Gasteiger charge is -2.42. The summed E-state index contributed by atoms with van der Waals surface area (Å²) < 4.78 is 0. The molecule has 3 nitrogen and oxygen atoms in total. The van der Waals surface area contributed by atoms with Gasteiger partial charge in [-0.1, -0.05) is 46.0 Å². The zero-order valence-corrected chi connectivity index (χ0v) is 16.9. The quantitative estimate of drug-likeness (QED) is 0.442. The molecule has 3 atom stereocenters. The van der Waals surface area contributed by atoms with Gasteiger partial charge in [0.05, 0.1) is 5.60 Å². The molecular weight excluding hydrogens is 300 g/mol. The molecule has 0 saturated heterocycles. The zero-order valence-electron chi connectivity index (χ0n) is 16.9. The van der Waals surface area contributed by atoms with Crippen LogP contribution in [0.25, 0.3) is 0 Å². The highest BCUT2D eigenvalue weighted by Gasteiger charge is 2.68. The molecule has 0 spiro atoms. The Morgan fingerprint density at radius 1 is 1.12 bits per heavy atom. The van der Waals surface area contributed by atoms with Crippen LogP contribution in [0.5, 0.6) is 0 Å². The Morgan fingerprint density at radius 2 is 1.75 bits per heavy atom. The van der Waals surface area contributed by atoms with E-state index in [2.05, 4.69) is 39.5 Å². The molecule has 0 aromatic carbocycles. The predicted octanol–water partition coefficient (Wildman–Crippen LogP) is 4.87. The Balaban J connectivity index is 2.11. The fraction of sp³-hybridized carbons (Fsp3) is 0.905. The van der Waals surface area contributed by atoms with Crippen LogP contribution in [0.3, 0.4) is 0 Å². The molecule has 2 aliphatic rings. The van der Waals surface area contributed by atoms with Gasteiger partial charge in [0.15, 0.2) is 5.60 Å². The molecule has 2 aliphatic carbocycles. The first-order valence-corrected chi connectivity index (χ1v) is 9.42. The Hall–Kier alpha value is -0.560. The van der Waals surface area contributed by atoms with Crippen molar-refractivity contribution in [1.82, 2.24) is 0 Å². The van der Waals surface area contributed by atoms with Gasteiger partial charge >= 0.3 is 0 Å². The molecule has 0 aromatic heterocycles. The molecule has 2 saturated carbocycles. The van der Waals surface area contributed by atoms with Crippen molar-refractivity contribution in [2.75, 3.05) is 0 Å². The predicted molar refractivity (Wildman–Crippen MR) is 97.2 cm³/mol. The normalized spacial score (nSPS) is 35.0. The first-order valence-electron chi connectivity index (χ1n) is 9.42. The van der Waals surface area contributed by atoms with Crippen molar-refractivity contribution in [3.8, 4) is 11.8 Å². The summed E-state index contributed by atoms with van der Waals surface area (Å²) in [5.74, 6) is 6.90. The Morgan fingerprint density at radius 3 is 2.21 bits per heavy atom. The summed E-state index contributed by atoms with van der Waals surface area (Å²) >= 11 is 0. The lowest BCUT2D eigenvalue weighted by Crippen LogP contribution is -2.46. The maximum Gasteiger partial charge on any atom is 0.158 e. The van der Waals surface area contributed by atoms with Gasteiger partial charge in [0.25, 0.3) is 0 Å². The summed E-state index contributed by atoms with van der Waals surface area (Å²) in [7, 11) is 0. The lowest BCUT2D eigenvalue weighted by atomic mass is 9.64. The highest BCUT2D eigenvalue weighted by molar-refractivity contribution is 5.31. The topological polar surface area (TPSA) is 38.7 Å². The van der Waals surface area contributed by atoms with Crippen molar-refractivity contribution in [2.24, 2.45) is 16.7 Å². The van der Waals surface area contributed by atoms with Crippen molar-refractivity contribution in [2.45, 2.75) is 104 Å². The lowest BCUT2D eigenvalue weighted by molar-refractivity contribution is -0.389. The average Bonchev–Trinajstić information content (AvgIpc) is 2.76. The molecule has 0 radical (unpaired) electrons. The molecule has 0 amide bonds. The van der Waals surface area contributed by atoms with Crippen molar-refractivity contribution >= 4 is 0 Å². The second-order valence-electron chi connectivity index (χ2n) is 9.79. The van der Waals surface area contributed by atoms with Crippen LogP contribution < -0.4 is 0 Å². The van der Waals surface area contributed by atoms with Gasteiger partial charge < -0.3 is 5.11 Å². The standard InChI is InChI=1S/C21H36O3/c1-9-11-17(2,3)23-24-18(4,5)13-14-21(22)15-16-10-12-20(21,8)19(16,6)7/h16,22H,9-12,15H2,1-8H3/t16?,20?,21-/m1/s1. The third kappa shape index (κ3) is 3.26. The number of rotatable bonds is 5. The second-order valence-corrected chi connectivity index (χ2v) is 9.79. The largest absolute Gasteiger partial charge is 0.377 e. The molecule has 0 heterocycles. The number of hydrogen-bond donors (Lipinski definition) is 1. The van der Waals surface area contributed by atoms with E-state index in [-0.39, 0.29) is 16.4 Å². The molecule has 2 bridgehead atoms. The highest BCUT2D eigenvalue weighted by atomic mass is 17.2. The summed E-state index contributed by atoms with van der Waals surface area (Å²) in [4.78, 5) is 11.3. The minimum atomic E-state index is -0.932. The van der Waals surface area contributed by atoms with Crippen LogP contribution in [-0.4, -0.2) is 21.9 Å². The molecule has 2 unspecified atom stereocenters. The van der Waals surface area contributed by atoms with Gasteiger partial charge in [0, 0.05) is 5.41 Å². The van der Waals surface area contributed by atoms with Crippen molar-refractivity contribution in [1.29, 1.82) is 0 Å². The minimum absolute atomic E-state index is 0.126. The third-order valence-electron chi connectivity index (χ3n) is 6.79. The summed E-state index contributed by atoms with van der Waals surface area (Å²) in [5, 5.41) is 11.3. The number of aliphatic hydroxyl groups is 1. The van der Waals surface area contributed by atoms with E-state index in [4.69, 9.17) is 9.78 Å². The fourth-order valence-corrected chi connectivity index (χ4v) is 4.60. The van der Waals surface area contributed by atoms with Gasteiger partial charge in [-0.2, -0.15) is 0 Å². The Kier molecular flexibility index (Phi) is 4.95. The van der Waals surface area contributed by atoms with Crippen molar-refractivity contribution < 1.29 is 14.9 Å². The van der Waals surface area contributed by atoms with Crippen LogP contribution >= 0.6 is 0 Å². The van der Waals surface area contributed by atoms with Gasteiger partial charge in [-0.25, -0.2) is 9.78 Å². The molecule has 2 rings (SSSR count). The van der Waals surface area contributed by atoms with Crippen molar-refractivity contribution in [3.05, 3.63) is 0 Å². The smallest absolute Gasteiger partial charge is 0.158 e. The summed E-state index contributed by atoms with van der Waals surface area (Å²) in [6, 6.07) is 0. The van der Waals surface area contributed by atoms with E-state index in [0.717, 1.165) is 25.7 Å². The van der Waals surface area contributed by atoms with E-state index in [0.29, 0.717) is 5.92 Å². The zero-order chi connectivity index (χ0) is 18.4. The Labute approximate surface area is 148 Å². The van der Waals surface area contributed by atoms with Crippen LogP contribution in [0.15, 0.2) is 0 Å². The molecule has 24 heavy (non-hydrogen) atoms. The number of hydrogen-bond acceptors (Lipinski definition) is 3. The molecular formula is C21H36O3. The van der Waals surface area contributed by atoms with Crippen LogP contribution in [-0.2, 0) is 9.78 Å². The first kappa shape index (κ1) is 19.8. The molecule has 0 aromatic rings. The summed E-state index contributed by atoms with van der Waals surface area (Å²) in [5.41, 5.74) is -2.04. The molecule has 0 aliphatic heterocycles. The van der Waals surface area contributed by atoms with Gasteiger partial charge in [-0.3, -0.25) is 0 Å². The monoisotopic (exact) mass is 336 g/mol. The van der Waals surface area contributed by atoms with E-state index >= 15 is 0 Å². The molecule has 138 valence electrons. The summed E-state index contributed by atoms with van der Waals surface area (Å²) in [6.07, 6.45) is 4.96. The molecule has 3 heteroatoms. The van der Waals surface area contributed by atoms with Crippen LogP contribution in [0, 0.1) is 28.6 Å². The summed E-state index contributed by atoms with van der Waals surface area (Å²) in [6.45, 7) is 16.7. The molecule has 1 N–H and O–H groups in total. The maximum atomic E-state index is 11.3. The molecule has 2 fully saturated rings. The van der Waals surface area contributed by atoms with E-state index in [9.17, 15) is 5.11 Å². The van der Waals surface area contributed by atoms with E-state index in [1.165, 1.54) is 6.42 Å². The average molecular weight is 337 g/mol. The number of fused-ring (bicyclic) bond motifs is 2. The van der Waals surface area contributed by atoms with Gasteiger partial charge in [-0.05, 0) is 64.7 Å². The van der Waals surface area contributed by atoms with Crippen LogP contribution in [0.4, 0.5) is 0 Å². The van der Waals surface area contributed by atoms with Crippen LogP contribution in [0.2, 0.25) is 0 Å². The maximum absolute atomic E-state index is 11.3. The van der Waals surface area contributed by atoms with Gasteiger partial charge in [-0.15, -0.1) is 0 Å². The van der Waals surface area contributed by atoms with Crippen molar-refractivity contribution in [3.63, 3.8) is 0 Å². The van der Waals surface area contributed by atoms with E-state index < -0.39 is 11.2 Å². The Bertz CT molecular complexity index is 537.